The number of carbonyl (C=O) groups is 1. The maximum atomic E-state index is 13.2. The molecule has 0 unspecified atom stereocenters. The van der Waals surface area contributed by atoms with Crippen LogP contribution in [0.15, 0.2) is 24.3 Å². The van der Waals surface area contributed by atoms with Crippen molar-refractivity contribution in [3.63, 3.8) is 0 Å². The van der Waals surface area contributed by atoms with E-state index < -0.39 is 23.9 Å². The minimum absolute atomic E-state index is 0.0495. The molecular weight excluding hydrogens is 309 g/mol. The second kappa shape index (κ2) is 6.13. The van der Waals surface area contributed by atoms with E-state index in [0.717, 1.165) is 12.5 Å². The average molecular weight is 328 g/mol. The third kappa shape index (κ3) is 3.35. The molecule has 1 aromatic rings. The molecule has 0 bridgehead atoms. The van der Waals surface area contributed by atoms with Crippen LogP contribution in [0.2, 0.25) is 0 Å². The third-order valence-corrected chi connectivity index (χ3v) is 4.55. The van der Waals surface area contributed by atoms with Crippen molar-refractivity contribution in [2.24, 2.45) is 0 Å². The number of β-amino-alcohol motifs (C(OH)–C–C–N with tert-alkyl or cyclic N) is 1. The second-order valence-electron chi connectivity index (χ2n) is 6.15. The SMILES string of the molecule is O=C(CN1C[C@H](O)C[C@@H]1c1ccccc1C(F)(F)F)N1CCC1. The van der Waals surface area contributed by atoms with Crippen LogP contribution in [-0.4, -0.2) is 53.1 Å². The van der Waals surface area contributed by atoms with Crippen LogP contribution in [0, 0.1) is 0 Å². The highest BCUT2D eigenvalue weighted by atomic mass is 19.4. The molecule has 2 aliphatic rings. The van der Waals surface area contributed by atoms with Gasteiger partial charge in [-0.1, -0.05) is 18.2 Å². The van der Waals surface area contributed by atoms with E-state index in [1.165, 1.54) is 12.1 Å². The fourth-order valence-electron chi connectivity index (χ4n) is 3.26. The minimum atomic E-state index is -4.45. The van der Waals surface area contributed by atoms with E-state index in [4.69, 9.17) is 0 Å². The van der Waals surface area contributed by atoms with E-state index in [1.54, 1.807) is 15.9 Å². The first-order valence-electron chi connectivity index (χ1n) is 7.72. The average Bonchev–Trinajstić information content (AvgIpc) is 2.76. The number of benzene rings is 1. The summed E-state index contributed by atoms with van der Waals surface area (Å²) in [5, 5.41) is 9.90. The number of aliphatic hydroxyl groups is 1. The summed E-state index contributed by atoms with van der Waals surface area (Å²) in [5.41, 5.74) is -0.562. The lowest BCUT2D eigenvalue weighted by atomic mass is 9.97. The number of nitrogens with zero attached hydrogens (tertiary/aromatic N) is 2. The van der Waals surface area contributed by atoms with Crippen molar-refractivity contribution >= 4 is 5.91 Å². The Balaban J connectivity index is 1.83. The number of hydrogen-bond acceptors (Lipinski definition) is 3. The summed E-state index contributed by atoms with van der Waals surface area (Å²) < 4.78 is 39.7. The van der Waals surface area contributed by atoms with Gasteiger partial charge in [-0.3, -0.25) is 9.69 Å². The summed E-state index contributed by atoms with van der Waals surface area (Å²) in [7, 11) is 0. The Morgan fingerprint density at radius 1 is 1.26 bits per heavy atom. The van der Waals surface area contributed by atoms with Gasteiger partial charge in [0.15, 0.2) is 0 Å². The van der Waals surface area contributed by atoms with Crippen molar-refractivity contribution in [3.05, 3.63) is 35.4 Å². The first kappa shape index (κ1) is 16.3. The fourth-order valence-corrected chi connectivity index (χ4v) is 3.26. The van der Waals surface area contributed by atoms with E-state index in [9.17, 15) is 23.1 Å². The normalized spacial score (nSPS) is 25.5. The molecule has 2 saturated heterocycles. The van der Waals surface area contributed by atoms with Gasteiger partial charge >= 0.3 is 6.18 Å². The van der Waals surface area contributed by atoms with E-state index in [-0.39, 0.29) is 31.0 Å². The molecule has 0 aliphatic carbocycles. The van der Waals surface area contributed by atoms with Gasteiger partial charge in [-0.15, -0.1) is 0 Å². The number of rotatable bonds is 3. The van der Waals surface area contributed by atoms with Gasteiger partial charge in [0.05, 0.1) is 18.2 Å². The standard InChI is InChI=1S/C16H19F3N2O2/c17-16(18,19)13-5-2-1-4-12(13)14-8-11(22)9-21(14)10-15(23)20-6-3-7-20/h1-2,4-5,11,14,22H,3,6-10H2/t11-,14-/m1/s1. The zero-order valence-electron chi connectivity index (χ0n) is 12.6. The molecule has 0 spiro atoms. The highest BCUT2D eigenvalue weighted by molar-refractivity contribution is 5.79. The van der Waals surface area contributed by atoms with Gasteiger partial charge in [-0.05, 0) is 24.5 Å². The third-order valence-electron chi connectivity index (χ3n) is 4.55. The van der Waals surface area contributed by atoms with Crippen LogP contribution in [0.1, 0.15) is 30.0 Å². The van der Waals surface area contributed by atoms with Crippen molar-refractivity contribution in [2.45, 2.75) is 31.2 Å². The van der Waals surface area contributed by atoms with Gasteiger partial charge in [-0.2, -0.15) is 13.2 Å². The summed E-state index contributed by atoms with van der Waals surface area (Å²) in [6.07, 6.45) is -3.99. The molecule has 1 amide bonds. The van der Waals surface area contributed by atoms with Crippen LogP contribution in [-0.2, 0) is 11.0 Å². The van der Waals surface area contributed by atoms with E-state index in [0.29, 0.717) is 13.1 Å². The van der Waals surface area contributed by atoms with Crippen LogP contribution < -0.4 is 0 Å². The monoisotopic (exact) mass is 328 g/mol. The summed E-state index contributed by atoms with van der Waals surface area (Å²) in [6.45, 7) is 1.68. The molecule has 23 heavy (non-hydrogen) atoms. The minimum Gasteiger partial charge on any atom is -0.392 e. The second-order valence-corrected chi connectivity index (χ2v) is 6.15. The highest BCUT2D eigenvalue weighted by Gasteiger charge is 2.40. The number of halogens is 3. The molecular formula is C16H19F3N2O2. The predicted octanol–water partition coefficient (Wildman–Crippen LogP) is 2.05. The first-order chi connectivity index (χ1) is 10.9. The van der Waals surface area contributed by atoms with Gasteiger partial charge in [0, 0.05) is 25.7 Å². The molecule has 126 valence electrons. The zero-order valence-corrected chi connectivity index (χ0v) is 12.6. The Morgan fingerprint density at radius 2 is 1.96 bits per heavy atom. The fraction of sp³-hybridized carbons (Fsp3) is 0.562. The largest absolute Gasteiger partial charge is 0.416 e. The quantitative estimate of drug-likeness (QED) is 0.923. The summed E-state index contributed by atoms with van der Waals surface area (Å²) in [4.78, 5) is 15.5. The molecule has 7 heteroatoms. The highest BCUT2D eigenvalue weighted by Crippen LogP contribution is 2.40. The first-order valence-corrected chi connectivity index (χ1v) is 7.72. The van der Waals surface area contributed by atoms with Gasteiger partial charge in [0.2, 0.25) is 5.91 Å². The molecule has 0 aromatic heterocycles. The number of likely N-dealkylation sites (tertiary alicyclic amines) is 2. The molecule has 2 heterocycles. The molecule has 1 N–H and O–H groups in total. The van der Waals surface area contributed by atoms with Crippen LogP contribution in [0.25, 0.3) is 0 Å². The molecule has 4 nitrogen and oxygen atoms in total. The lowest BCUT2D eigenvalue weighted by Crippen LogP contribution is -2.47. The Morgan fingerprint density at radius 3 is 2.57 bits per heavy atom. The molecule has 0 saturated carbocycles. The van der Waals surface area contributed by atoms with Crippen molar-refractivity contribution in [1.29, 1.82) is 0 Å². The molecule has 2 aliphatic heterocycles. The number of carbonyl (C=O) groups excluding carboxylic acids is 1. The maximum absolute atomic E-state index is 13.2. The van der Waals surface area contributed by atoms with Crippen LogP contribution in [0.3, 0.4) is 0 Å². The van der Waals surface area contributed by atoms with Crippen molar-refractivity contribution in [3.8, 4) is 0 Å². The Labute approximate surface area is 132 Å². The van der Waals surface area contributed by atoms with E-state index in [2.05, 4.69) is 0 Å². The summed E-state index contributed by atoms with van der Waals surface area (Å²) >= 11 is 0. The van der Waals surface area contributed by atoms with Crippen molar-refractivity contribution in [1.82, 2.24) is 9.80 Å². The van der Waals surface area contributed by atoms with E-state index >= 15 is 0 Å². The summed E-state index contributed by atoms with van der Waals surface area (Å²) in [5.74, 6) is -0.0835. The Hall–Kier alpha value is -1.60. The van der Waals surface area contributed by atoms with Crippen molar-refractivity contribution < 1.29 is 23.1 Å². The van der Waals surface area contributed by atoms with Gasteiger partial charge in [0.1, 0.15) is 0 Å². The van der Waals surface area contributed by atoms with Gasteiger partial charge in [0.25, 0.3) is 0 Å². The lowest BCUT2D eigenvalue weighted by molar-refractivity contribution is -0.138. The Kier molecular flexibility index (Phi) is 4.33. The molecule has 2 fully saturated rings. The van der Waals surface area contributed by atoms with Gasteiger partial charge in [-0.25, -0.2) is 0 Å². The number of aliphatic hydroxyl groups excluding tert-OH is 1. The lowest BCUT2D eigenvalue weighted by Gasteiger charge is -2.34. The van der Waals surface area contributed by atoms with Crippen molar-refractivity contribution in [2.75, 3.05) is 26.2 Å². The molecule has 1 aromatic carbocycles. The summed E-state index contributed by atoms with van der Waals surface area (Å²) in [6, 6.07) is 4.81. The predicted molar refractivity (Wildman–Crippen MR) is 77.6 cm³/mol. The number of alkyl halides is 3. The molecule has 0 radical (unpaired) electrons. The number of amides is 1. The molecule has 2 atom stereocenters. The van der Waals surface area contributed by atoms with Gasteiger partial charge < -0.3 is 10.0 Å². The molecule has 3 rings (SSSR count). The smallest absolute Gasteiger partial charge is 0.392 e. The maximum Gasteiger partial charge on any atom is 0.416 e. The zero-order chi connectivity index (χ0) is 16.6. The Bertz CT molecular complexity index is 587. The van der Waals surface area contributed by atoms with E-state index in [1.807, 2.05) is 0 Å². The van der Waals surface area contributed by atoms with Crippen LogP contribution in [0.5, 0.6) is 0 Å². The van der Waals surface area contributed by atoms with Crippen LogP contribution in [0.4, 0.5) is 13.2 Å². The topological polar surface area (TPSA) is 43.8 Å². The van der Waals surface area contributed by atoms with Crippen LogP contribution >= 0.6 is 0 Å². The number of hydrogen-bond donors (Lipinski definition) is 1.